The van der Waals surface area contributed by atoms with Crippen molar-refractivity contribution in [3.8, 4) is 0 Å². The van der Waals surface area contributed by atoms with Crippen LogP contribution >= 0.6 is 31.9 Å². The van der Waals surface area contributed by atoms with Crippen LogP contribution in [0.5, 0.6) is 0 Å². The summed E-state index contributed by atoms with van der Waals surface area (Å²) in [6, 6.07) is 12.2. The van der Waals surface area contributed by atoms with E-state index in [4.69, 9.17) is 0 Å². The van der Waals surface area contributed by atoms with E-state index in [2.05, 4.69) is 31.9 Å². The molecule has 0 N–H and O–H groups in total. The Labute approximate surface area is 134 Å². The Balaban J connectivity index is 2.42. The van der Waals surface area contributed by atoms with Crippen LogP contribution in [-0.4, -0.2) is 8.42 Å². The number of hydrogen-bond donors (Lipinski definition) is 0. The van der Waals surface area contributed by atoms with Gasteiger partial charge in [0.25, 0.3) is 0 Å². The fourth-order valence-corrected chi connectivity index (χ4v) is 3.47. The van der Waals surface area contributed by atoms with E-state index in [-0.39, 0.29) is 9.79 Å². The Morgan fingerprint density at radius 3 is 1.70 bits per heavy atom. The molecule has 0 saturated carbocycles. The lowest BCUT2D eigenvalue weighted by Gasteiger charge is -2.11. The third kappa shape index (κ3) is 3.30. The monoisotopic (exact) mass is 420 g/mol. The van der Waals surface area contributed by atoms with Gasteiger partial charge in [0.2, 0.25) is 13.3 Å². The van der Waals surface area contributed by atoms with Crippen LogP contribution in [0.2, 0.25) is 0 Å². The molecule has 0 aromatic heterocycles. The highest BCUT2D eigenvalue weighted by atomic mass is 79.9. The standard InChI is InChI=1S/C14H11Br2FO2S/c1-10-2-6-12(7-3-10)20(18,19)13-8-4-11(5-9-13)14(15,16)17/h2-9H,1H3. The minimum absolute atomic E-state index is 0.134. The van der Waals surface area contributed by atoms with Crippen LogP contribution in [0.4, 0.5) is 4.39 Å². The van der Waals surface area contributed by atoms with Gasteiger partial charge in [0.15, 0.2) is 0 Å². The Morgan fingerprint density at radius 2 is 1.30 bits per heavy atom. The lowest BCUT2D eigenvalue weighted by Crippen LogP contribution is -2.04. The van der Waals surface area contributed by atoms with Gasteiger partial charge in [-0.25, -0.2) is 12.8 Å². The summed E-state index contributed by atoms with van der Waals surface area (Å²) in [7, 11) is -3.57. The molecule has 2 aromatic carbocycles. The van der Waals surface area contributed by atoms with Crippen molar-refractivity contribution in [2.75, 3.05) is 0 Å². The first-order valence-electron chi connectivity index (χ1n) is 5.70. The predicted octanol–water partition coefficient (Wildman–Crippen LogP) is 4.70. The van der Waals surface area contributed by atoms with E-state index in [1.165, 1.54) is 24.3 Å². The quantitative estimate of drug-likeness (QED) is 0.673. The van der Waals surface area contributed by atoms with Gasteiger partial charge in [-0.1, -0.05) is 29.8 Å². The van der Waals surface area contributed by atoms with Gasteiger partial charge in [-0.3, -0.25) is 0 Å². The van der Waals surface area contributed by atoms with E-state index in [0.717, 1.165) is 5.56 Å². The van der Waals surface area contributed by atoms with E-state index in [1.807, 2.05) is 6.92 Å². The molecule has 0 saturated heterocycles. The lowest BCUT2D eigenvalue weighted by molar-refractivity contribution is 0.444. The van der Waals surface area contributed by atoms with Crippen molar-refractivity contribution >= 4 is 41.7 Å². The second-order valence-corrected chi connectivity index (χ2v) is 9.54. The average Bonchev–Trinajstić information content (AvgIpc) is 2.38. The third-order valence-electron chi connectivity index (χ3n) is 2.82. The molecule has 0 radical (unpaired) electrons. The van der Waals surface area contributed by atoms with Crippen molar-refractivity contribution in [1.82, 2.24) is 0 Å². The van der Waals surface area contributed by atoms with E-state index >= 15 is 0 Å². The molecule has 0 bridgehead atoms. The van der Waals surface area contributed by atoms with Crippen LogP contribution in [0.3, 0.4) is 0 Å². The van der Waals surface area contributed by atoms with Gasteiger partial charge in [0.05, 0.1) is 9.79 Å². The Kier molecular flexibility index (Phi) is 4.37. The van der Waals surface area contributed by atoms with Crippen LogP contribution in [0.1, 0.15) is 11.1 Å². The van der Waals surface area contributed by atoms with E-state index < -0.39 is 13.3 Å². The van der Waals surface area contributed by atoms with Crippen molar-refractivity contribution in [3.05, 3.63) is 59.7 Å². The molecule has 0 unspecified atom stereocenters. The summed E-state index contributed by atoms with van der Waals surface area (Å²) in [5.74, 6) is 0. The molecule has 106 valence electrons. The SMILES string of the molecule is Cc1ccc(S(=O)(=O)c2ccc(C(F)(Br)Br)cc2)cc1. The van der Waals surface area contributed by atoms with Crippen molar-refractivity contribution in [2.45, 2.75) is 20.2 Å². The average molecular weight is 422 g/mol. The molecular weight excluding hydrogens is 411 g/mol. The Bertz CT molecular complexity index is 702. The molecule has 0 heterocycles. The number of benzene rings is 2. The molecule has 20 heavy (non-hydrogen) atoms. The summed E-state index contributed by atoms with van der Waals surface area (Å²) in [6.45, 7) is 1.89. The lowest BCUT2D eigenvalue weighted by atomic mass is 10.2. The second-order valence-electron chi connectivity index (χ2n) is 4.34. The largest absolute Gasteiger partial charge is 0.244 e. The van der Waals surface area contributed by atoms with Gasteiger partial charge in [-0.05, 0) is 63.0 Å². The first kappa shape index (κ1) is 15.7. The first-order valence-corrected chi connectivity index (χ1v) is 8.77. The summed E-state index contributed by atoms with van der Waals surface area (Å²) < 4.78 is 36.5. The number of aryl methyl sites for hydroxylation is 1. The molecule has 6 heteroatoms. The maximum absolute atomic E-state index is 13.6. The topological polar surface area (TPSA) is 34.1 Å². The summed E-state index contributed by atoms with van der Waals surface area (Å²) in [6.07, 6.45) is 0. The second kappa shape index (κ2) is 5.58. The van der Waals surface area contributed by atoms with E-state index in [0.29, 0.717) is 5.56 Å². The predicted molar refractivity (Wildman–Crippen MR) is 83.7 cm³/mol. The minimum Gasteiger partial charge on any atom is -0.219 e. The summed E-state index contributed by atoms with van der Waals surface area (Å²) in [5.41, 5.74) is 1.28. The summed E-state index contributed by atoms with van der Waals surface area (Å²) >= 11 is 5.63. The normalized spacial score (nSPS) is 12.4. The molecule has 0 amide bonds. The molecule has 0 aliphatic rings. The molecule has 0 aliphatic heterocycles. The van der Waals surface area contributed by atoms with E-state index in [9.17, 15) is 12.8 Å². The smallest absolute Gasteiger partial charge is 0.219 e. The zero-order chi connectivity index (χ0) is 15.0. The van der Waals surface area contributed by atoms with Crippen LogP contribution in [-0.2, 0) is 13.3 Å². The van der Waals surface area contributed by atoms with Crippen molar-refractivity contribution < 1.29 is 12.8 Å². The maximum Gasteiger partial charge on any atom is 0.244 e. The fourth-order valence-electron chi connectivity index (χ4n) is 1.68. The number of halogens is 3. The molecule has 0 aliphatic carbocycles. The maximum atomic E-state index is 13.6. The number of alkyl halides is 3. The van der Waals surface area contributed by atoms with Gasteiger partial charge in [-0.15, -0.1) is 0 Å². The number of hydrogen-bond acceptors (Lipinski definition) is 2. The van der Waals surface area contributed by atoms with Gasteiger partial charge in [-0.2, -0.15) is 0 Å². The Morgan fingerprint density at radius 1 is 0.900 bits per heavy atom. The fraction of sp³-hybridized carbons (Fsp3) is 0.143. The highest BCUT2D eigenvalue weighted by Gasteiger charge is 2.25. The molecular formula is C14H11Br2FO2S. The van der Waals surface area contributed by atoms with Crippen molar-refractivity contribution in [3.63, 3.8) is 0 Å². The summed E-state index contributed by atoms with van der Waals surface area (Å²) in [5, 5.41) is 0. The zero-order valence-corrected chi connectivity index (χ0v) is 14.5. The van der Waals surface area contributed by atoms with Gasteiger partial charge >= 0.3 is 0 Å². The highest BCUT2D eigenvalue weighted by molar-refractivity contribution is 9.24. The molecule has 0 fully saturated rings. The third-order valence-corrected chi connectivity index (χ3v) is 5.52. The van der Waals surface area contributed by atoms with Gasteiger partial charge in [0.1, 0.15) is 0 Å². The van der Waals surface area contributed by atoms with E-state index in [1.54, 1.807) is 24.3 Å². The number of rotatable bonds is 3. The summed E-state index contributed by atoms with van der Waals surface area (Å²) in [4.78, 5) is 0.356. The van der Waals surface area contributed by atoms with Crippen LogP contribution in [0, 0.1) is 6.92 Å². The number of sulfone groups is 1. The molecule has 2 rings (SSSR count). The Hall–Kier alpha value is -0.720. The van der Waals surface area contributed by atoms with Crippen LogP contribution in [0.25, 0.3) is 0 Å². The first-order chi connectivity index (χ1) is 9.21. The highest BCUT2D eigenvalue weighted by Crippen LogP contribution is 2.39. The minimum atomic E-state index is -3.57. The molecule has 2 nitrogen and oxygen atoms in total. The van der Waals surface area contributed by atoms with Crippen LogP contribution in [0.15, 0.2) is 58.3 Å². The van der Waals surface area contributed by atoms with Crippen molar-refractivity contribution in [2.24, 2.45) is 0 Å². The van der Waals surface area contributed by atoms with Crippen molar-refractivity contribution in [1.29, 1.82) is 0 Å². The van der Waals surface area contributed by atoms with Crippen LogP contribution < -0.4 is 0 Å². The molecule has 0 atom stereocenters. The zero-order valence-electron chi connectivity index (χ0n) is 10.5. The molecule has 2 aromatic rings. The van der Waals surface area contributed by atoms with Gasteiger partial charge < -0.3 is 0 Å². The molecule has 0 spiro atoms. The van der Waals surface area contributed by atoms with Gasteiger partial charge in [0, 0.05) is 5.56 Å².